The quantitative estimate of drug-likeness (QED) is 0.772. The van der Waals surface area contributed by atoms with Gasteiger partial charge >= 0.3 is 0 Å². The van der Waals surface area contributed by atoms with Crippen LogP contribution in [-0.4, -0.2) is 18.5 Å². The molecule has 1 amide bonds. The Kier molecular flexibility index (Phi) is 2.33. The van der Waals surface area contributed by atoms with E-state index in [1.54, 1.807) is 0 Å². The molecule has 90 valence electrons. The minimum absolute atomic E-state index is 0.105. The van der Waals surface area contributed by atoms with Gasteiger partial charge in [0.2, 0.25) is 5.91 Å². The number of nitrogens with one attached hydrogen (secondary N) is 1. The number of hydrogen-bond donors (Lipinski definition) is 2. The molecule has 4 nitrogen and oxygen atoms in total. The first kappa shape index (κ1) is 10.6. The molecule has 2 unspecified atom stereocenters. The number of carbonyl (C=O) groups is 1. The Morgan fingerprint density at radius 2 is 2.29 bits per heavy atom. The van der Waals surface area contributed by atoms with Crippen LogP contribution >= 0.6 is 0 Å². The summed E-state index contributed by atoms with van der Waals surface area (Å²) in [7, 11) is 0. The van der Waals surface area contributed by atoms with Crippen molar-refractivity contribution in [2.24, 2.45) is 5.73 Å². The molecule has 0 radical (unpaired) electrons. The van der Waals surface area contributed by atoms with E-state index in [9.17, 15) is 4.79 Å². The third kappa shape index (κ3) is 1.60. The van der Waals surface area contributed by atoms with Crippen LogP contribution in [0, 0.1) is 0 Å². The highest BCUT2D eigenvalue weighted by atomic mass is 16.2. The molecule has 2 aliphatic heterocycles. The van der Waals surface area contributed by atoms with Crippen molar-refractivity contribution in [2.75, 3.05) is 16.8 Å². The monoisotopic (exact) mass is 231 g/mol. The number of hydrogen-bond acceptors (Lipinski definition) is 3. The number of fused-ring (bicyclic) bond motifs is 1. The van der Waals surface area contributed by atoms with Crippen molar-refractivity contribution in [3.8, 4) is 0 Å². The zero-order chi connectivity index (χ0) is 12.0. The highest BCUT2D eigenvalue weighted by Crippen LogP contribution is 2.34. The van der Waals surface area contributed by atoms with E-state index in [4.69, 9.17) is 5.73 Å². The molecule has 1 aromatic rings. The van der Waals surface area contributed by atoms with Crippen molar-refractivity contribution in [1.82, 2.24) is 0 Å². The number of nitrogens with two attached hydrogens (primary N) is 1. The first-order valence-electron chi connectivity index (χ1n) is 6.14. The predicted molar refractivity (Wildman–Crippen MR) is 68.0 cm³/mol. The summed E-state index contributed by atoms with van der Waals surface area (Å²) in [5.74, 6) is -0.105. The van der Waals surface area contributed by atoms with Crippen LogP contribution in [0.1, 0.15) is 31.4 Å². The van der Waals surface area contributed by atoms with Crippen LogP contribution in [0.3, 0.4) is 0 Å². The number of amides is 1. The van der Waals surface area contributed by atoms with E-state index < -0.39 is 6.04 Å². The van der Waals surface area contributed by atoms with Gasteiger partial charge < -0.3 is 16.0 Å². The van der Waals surface area contributed by atoms with Crippen LogP contribution in [0.5, 0.6) is 0 Å². The minimum atomic E-state index is -0.505. The molecule has 3 rings (SSSR count). The lowest BCUT2D eigenvalue weighted by atomic mass is 10.1. The molecule has 0 spiro atoms. The lowest BCUT2D eigenvalue weighted by molar-refractivity contribution is -0.116. The fourth-order valence-corrected chi connectivity index (χ4v) is 2.77. The van der Waals surface area contributed by atoms with Crippen molar-refractivity contribution in [3.05, 3.63) is 23.8 Å². The fraction of sp³-hybridized carbons (Fsp3) is 0.462. The lowest BCUT2D eigenvalue weighted by Crippen LogP contribution is -2.26. The smallest absolute Gasteiger partial charge is 0.245 e. The fourth-order valence-electron chi connectivity index (χ4n) is 2.77. The van der Waals surface area contributed by atoms with Gasteiger partial charge in [-0.3, -0.25) is 4.79 Å². The van der Waals surface area contributed by atoms with Crippen LogP contribution in [0.25, 0.3) is 0 Å². The van der Waals surface area contributed by atoms with Gasteiger partial charge in [-0.1, -0.05) is 6.07 Å². The van der Waals surface area contributed by atoms with Crippen molar-refractivity contribution < 1.29 is 4.79 Å². The van der Waals surface area contributed by atoms with Crippen molar-refractivity contribution >= 4 is 17.3 Å². The summed E-state index contributed by atoms with van der Waals surface area (Å²) < 4.78 is 0. The molecule has 0 saturated carbocycles. The Hall–Kier alpha value is -1.55. The third-order valence-electron chi connectivity index (χ3n) is 3.80. The van der Waals surface area contributed by atoms with E-state index in [1.807, 2.05) is 12.1 Å². The second kappa shape index (κ2) is 3.74. The first-order chi connectivity index (χ1) is 8.16. The van der Waals surface area contributed by atoms with Gasteiger partial charge in [0.25, 0.3) is 0 Å². The number of carbonyl (C=O) groups excluding carboxylic acids is 1. The topological polar surface area (TPSA) is 58.4 Å². The summed E-state index contributed by atoms with van der Waals surface area (Å²) in [5, 5.41) is 2.84. The van der Waals surface area contributed by atoms with Gasteiger partial charge in [0.1, 0.15) is 6.04 Å². The summed E-state index contributed by atoms with van der Waals surface area (Å²) in [5.41, 5.74) is 8.76. The molecule has 2 atom stereocenters. The molecule has 17 heavy (non-hydrogen) atoms. The van der Waals surface area contributed by atoms with Gasteiger partial charge in [-0.15, -0.1) is 0 Å². The van der Waals surface area contributed by atoms with E-state index >= 15 is 0 Å². The Balaban J connectivity index is 1.95. The van der Waals surface area contributed by atoms with Gasteiger partial charge in [-0.25, -0.2) is 0 Å². The number of rotatable bonds is 1. The average molecular weight is 231 g/mol. The number of anilines is 2. The van der Waals surface area contributed by atoms with Crippen LogP contribution < -0.4 is 16.0 Å². The molecule has 1 saturated heterocycles. The van der Waals surface area contributed by atoms with Crippen molar-refractivity contribution in [1.29, 1.82) is 0 Å². The molecule has 2 heterocycles. The first-order valence-corrected chi connectivity index (χ1v) is 6.14. The van der Waals surface area contributed by atoms with Gasteiger partial charge in [0, 0.05) is 29.5 Å². The van der Waals surface area contributed by atoms with Gasteiger partial charge in [0.15, 0.2) is 0 Å². The Bertz CT molecular complexity index is 472. The largest absolute Gasteiger partial charge is 0.369 e. The second-order valence-corrected chi connectivity index (χ2v) is 4.92. The SMILES string of the molecule is CC1CCCN1c1ccc2c(c1)NC(=O)C2N. The molecule has 0 aromatic heterocycles. The van der Waals surface area contributed by atoms with E-state index in [0.717, 1.165) is 17.8 Å². The molecule has 1 fully saturated rings. The van der Waals surface area contributed by atoms with Crippen LogP contribution in [0.4, 0.5) is 11.4 Å². The van der Waals surface area contributed by atoms with E-state index in [1.165, 1.54) is 18.5 Å². The average Bonchev–Trinajstić information content (AvgIpc) is 2.84. The Morgan fingerprint density at radius 3 is 3.00 bits per heavy atom. The summed E-state index contributed by atoms with van der Waals surface area (Å²) in [4.78, 5) is 13.9. The summed E-state index contributed by atoms with van der Waals surface area (Å²) in [6.45, 7) is 3.34. The molecule has 2 aliphatic rings. The van der Waals surface area contributed by atoms with Crippen molar-refractivity contribution in [2.45, 2.75) is 31.8 Å². The molecular formula is C13H17N3O. The molecule has 3 N–H and O–H groups in total. The third-order valence-corrected chi connectivity index (χ3v) is 3.80. The van der Waals surface area contributed by atoms with Crippen molar-refractivity contribution in [3.63, 3.8) is 0 Å². The standard InChI is InChI=1S/C13H17N3O/c1-8-3-2-6-16(8)9-4-5-10-11(7-9)15-13(17)12(10)14/h4-5,7-8,12H,2-3,6,14H2,1H3,(H,15,17). The predicted octanol–water partition coefficient (Wildman–Crippen LogP) is 1.63. The molecule has 4 heteroatoms. The maximum atomic E-state index is 11.5. The zero-order valence-electron chi connectivity index (χ0n) is 9.94. The summed E-state index contributed by atoms with van der Waals surface area (Å²) >= 11 is 0. The zero-order valence-corrected chi connectivity index (χ0v) is 9.94. The van der Waals surface area contributed by atoms with Crippen LogP contribution in [0.2, 0.25) is 0 Å². The van der Waals surface area contributed by atoms with Crippen LogP contribution in [-0.2, 0) is 4.79 Å². The summed E-state index contributed by atoms with van der Waals surface area (Å²) in [6.07, 6.45) is 2.48. The van der Waals surface area contributed by atoms with Crippen LogP contribution in [0.15, 0.2) is 18.2 Å². The number of benzene rings is 1. The van der Waals surface area contributed by atoms with Gasteiger partial charge in [0.05, 0.1) is 0 Å². The molecule has 0 aliphatic carbocycles. The van der Waals surface area contributed by atoms with Gasteiger partial charge in [-0.05, 0) is 31.9 Å². The molecule has 1 aromatic carbocycles. The second-order valence-electron chi connectivity index (χ2n) is 4.92. The maximum absolute atomic E-state index is 11.5. The Labute approximate surface area is 101 Å². The highest BCUT2D eigenvalue weighted by molar-refractivity contribution is 6.02. The molecular weight excluding hydrogens is 214 g/mol. The van der Waals surface area contributed by atoms with E-state index in [-0.39, 0.29) is 5.91 Å². The molecule has 0 bridgehead atoms. The maximum Gasteiger partial charge on any atom is 0.245 e. The van der Waals surface area contributed by atoms with E-state index in [0.29, 0.717) is 6.04 Å². The lowest BCUT2D eigenvalue weighted by Gasteiger charge is -2.24. The summed E-state index contributed by atoms with van der Waals surface area (Å²) in [6, 6.07) is 6.16. The van der Waals surface area contributed by atoms with Gasteiger partial charge in [-0.2, -0.15) is 0 Å². The highest BCUT2D eigenvalue weighted by Gasteiger charge is 2.28. The minimum Gasteiger partial charge on any atom is -0.369 e. The normalized spacial score (nSPS) is 27.2. The van der Waals surface area contributed by atoms with E-state index in [2.05, 4.69) is 23.2 Å². The Morgan fingerprint density at radius 1 is 1.47 bits per heavy atom. The number of nitrogens with zero attached hydrogens (tertiary/aromatic N) is 1.